The third-order valence-corrected chi connectivity index (χ3v) is 1.84. The second-order valence-electron chi connectivity index (χ2n) is 2.48. The van der Waals surface area contributed by atoms with E-state index < -0.39 is 0 Å². The minimum Gasteiger partial charge on any atom is -0.319 e. The van der Waals surface area contributed by atoms with E-state index in [2.05, 4.69) is 10.3 Å². The molecule has 2 aliphatic rings. The first-order chi connectivity index (χ1) is 4.88. The van der Waals surface area contributed by atoms with Crippen LogP contribution in [0.25, 0.3) is 0 Å². The highest BCUT2D eigenvalue weighted by Crippen LogP contribution is 2.05. The summed E-state index contributed by atoms with van der Waals surface area (Å²) < 4.78 is 0. The minimum absolute atomic E-state index is 0.0845. The molecule has 0 spiro atoms. The lowest BCUT2D eigenvalue weighted by Crippen LogP contribution is -2.45. The fourth-order valence-electron chi connectivity index (χ4n) is 1.32. The molecular weight excluding hydrogens is 130 g/mol. The smallest absolute Gasteiger partial charge is 0.245 e. The second-order valence-corrected chi connectivity index (χ2v) is 2.48. The third-order valence-electron chi connectivity index (χ3n) is 1.84. The standard InChI is InChI=1S/C6H9N3O/c10-6-4-7-3-5-8-1-2-9(5)6/h3,5,8H,1-2,4H2. The van der Waals surface area contributed by atoms with Crippen LogP contribution in [0.15, 0.2) is 4.99 Å². The van der Waals surface area contributed by atoms with Crippen LogP contribution in [0.2, 0.25) is 0 Å². The van der Waals surface area contributed by atoms with E-state index in [1.165, 1.54) is 0 Å². The summed E-state index contributed by atoms with van der Waals surface area (Å²) in [5.74, 6) is 0.137. The van der Waals surface area contributed by atoms with Crippen LogP contribution in [0.4, 0.5) is 0 Å². The lowest BCUT2D eigenvalue weighted by atomic mass is 10.4. The Morgan fingerprint density at radius 3 is 3.50 bits per heavy atom. The van der Waals surface area contributed by atoms with Gasteiger partial charge in [0.15, 0.2) is 0 Å². The van der Waals surface area contributed by atoms with Crippen molar-refractivity contribution in [3.05, 3.63) is 0 Å². The molecule has 0 bridgehead atoms. The maximum atomic E-state index is 11.0. The molecule has 2 rings (SSSR count). The Bertz CT molecular complexity index is 189. The summed E-state index contributed by atoms with van der Waals surface area (Å²) in [6, 6.07) is 0. The largest absolute Gasteiger partial charge is 0.319 e. The molecule has 1 atom stereocenters. The number of rotatable bonds is 0. The van der Waals surface area contributed by atoms with Crippen molar-refractivity contribution in [1.29, 1.82) is 0 Å². The third kappa shape index (κ3) is 0.724. The molecule has 54 valence electrons. The molecule has 0 radical (unpaired) electrons. The molecule has 0 saturated carbocycles. The number of carbonyl (C=O) groups excluding carboxylic acids is 1. The Kier molecular flexibility index (Phi) is 1.20. The number of hydrogen-bond acceptors (Lipinski definition) is 3. The Labute approximate surface area is 58.9 Å². The SMILES string of the molecule is O=C1CN=CC2NCCN12. The molecule has 2 aliphatic heterocycles. The normalized spacial score (nSPS) is 31.0. The predicted molar refractivity (Wildman–Crippen MR) is 36.9 cm³/mol. The molecule has 4 nitrogen and oxygen atoms in total. The summed E-state index contributed by atoms with van der Waals surface area (Å²) in [6.07, 6.45) is 1.88. The summed E-state index contributed by atoms with van der Waals surface area (Å²) in [5.41, 5.74) is 0. The van der Waals surface area contributed by atoms with Crippen molar-refractivity contribution in [2.24, 2.45) is 4.99 Å². The first-order valence-electron chi connectivity index (χ1n) is 3.41. The topological polar surface area (TPSA) is 44.7 Å². The van der Waals surface area contributed by atoms with Crippen LogP contribution in [-0.4, -0.2) is 42.8 Å². The van der Waals surface area contributed by atoms with Gasteiger partial charge in [0.05, 0.1) is 0 Å². The van der Waals surface area contributed by atoms with Crippen LogP contribution in [0, 0.1) is 0 Å². The molecule has 0 aromatic rings. The molecule has 2 heterocycles. The molecule has 1 amide bonds. The maximum absolute atomic E-state index is 11.0. The van der Waals surface area contributed by atoms with E-state index >= 15 is 0 Å². The van der Waals surface area contributed by atoms with Crippen LogP contribution in [0.1, 0.15) is 0 Å². The fourth-order valence-corrected chi connectivity index (χ4v) is 1.32. The molecular formula is C6H9N3O. The van der Waals surface area contributed by atoms with Crippen LogP contribution in [-0.2, 0) is 4.79 Å². The van der Waals surface area contributed by atoms with Crippen LogP contribution in [0.3, 0.4) is 0 Å². The van der Waals surface area contributed by atoms with Gasteiger partial charge in [-0.25, -0.2) is 0 Å². The average molecular weight is 139 g/mol. The van der Waals surface area contributed by atoms with E-state index in [0.717, 1.165) is 13.1 Å². The summed E-state index contributed by atoms with van der Waals surface area (Å²) in [7, 11) is 0. The van der Waals surface area contributed by atoms with Crippen molar-refractivity contribution in [2.45, 2.75) is 6.17 Å². The van der Waals surface area contributed by atoms with Crippen molar-refractivity contribution >= 4 is 12.1 Å². The first-order valence-corrected chi connectivity index (χ1v) is 3.41. The van der Waals surface area contributed by atoms with Gasteiger partial charge < -0.3 is 4.90 Å². The Hall–Kier alpha value is -0.900. The fraction of sp³-hybridized carbons (Fsp3) is 0.667. The predicted octanol–water partition coefficient (Wildman–Crippen LogP) is -1.17. The monoisotopic (exact) mass is 139 g/mol. The maximum Gasteiger partial charge on any atom is 0.245 e. The van der Waals surface area contributed by atoms with Gasteiger partial charge in [0.1, 0.15) is 12.7 Å². The molecule has 10 heavy (non-hydrogen) atoms. The highest BCUT2D eigenvalue weighted by atomic mass is 16.2. The zero-order valence-corrected chi connectivity index (χ0v) is 5.58. The van der Waals surface area contributed by atoms with Gasteiger partial charge in [0.2, 0.25) is 5.91 Å². The second kappa shape index (κ2) is 2.05. The highest BCUT2D eigenvalue weighted by Gasteiger charge is 2.28. The van der Waals surface area contributed by atoms with Gasteiger partial charge in [-0.1, -0.05) is 0 Å². The number of hydrogen-bond donors (Lipinski definition) is 1. The van der Waals surface area contributed by atoms with E-state index in [1.807, 2.05) is 4.90 Å². The van der Waals surface area contributed by atoms with Gasteiger partial charge in [0.25, 0.3) is 0 Å². The molecule has 0 aliphatic carbocycles. The number of fused-ring (bicyclic) bond motifs is 1. The van der Waals surface area contributed by atoms with E-state index in [1.54, 1.807) is 6.21 Å². The summed E-state index contributed by atoms with van der Waals surface area (Å²) in [5, 5.41) is 3.14. The Balaban J connectivity index is 2.22. The zero-order valence-electron chi connectivity index (χ0n) is 5.58. The van der Waals surface area contributed by atoms with Crippen LogP contribution < -0.4 is 5.32 Å². The molecule has 1 N–H and O–H groups in total. The first kappa shape index (κ1) is 5.85. The lowest BCUT2D eigenvalue weighted by molar-refractivity contribution is -0.129. The zero-order chi connectivity index (χ0) is 6.97. The Morgan fingerprint density at radius 2 is 2.70 bits per heavy atom. The van der Waals surface area contributed by atoms with E-state index in [9.17, 15) is 4.79 Å². The van der Waals surface area contributed by atoms with Crippen molar-refractivity contribution in [3.63, 3.8) is 0 Å². The summed E-state index contributed by atoms with van der Waals surface area (Å²) in [6.45, 7) is 2.05. The number of aliphatic imine (C=N–C) groups is 1. The summed E-state index contributed by atoms with van der Waals surface area (Å²) in [4.78, 5) is 16.8. The van der Waals surface area contributed by atoms with Crippen molar-refractivity contribution < 1.29 is 4.79 Å². The van der Waals surface area contributed by atoms with Gasteiger partial charge in [-0.05, 0) is 0 Å². The number of nitrogens with zero attached hydrogens (tertiary/aromatic N) is 2. The Morgan fingerprint density at radius 1 is 1.80 bits per heavy atom. The molecule has 1 fully saturated rings. The molecule has 4 heteroatoms. The van der Waals surface area contributed by atoms with Crippen molar-refractivity contribution in [3.8, 4) is 0 Å². The van der Waals surface area contributed by atoms with Crippen molar-refractivity contribution in [1.82, 2.24) is 10.2 Å². The average Bonchev–Trinajstić information content (AvgIpc) is 2.36. The number of nitrogens with one attached hydrogen (secondary N) is 1. The van der Waals surface area contributed by atoms with Gasteiger partial charge >= 0.3 is 0 Å². The van der Waals surface area contributed by atoms with E-state index in [0.29, 0.717) is 6.54 Å². The lowest BCUT2D eigenvalue weighted by Gasteiger charge is -2.23. The van der Waals surface area contributed by atoms with Gasteiger partial charge in [-0.15, -0.1) is 0 Å². The quantitative estimate of drug-likeness (QED) is 0.459. The number of amides is 1. The molecule has 1 unspecified atom stereocenters. The molecule has 0 aromatic carbocycles. The van der Waals surface area contributed by atoms with Crippen molar-refractivity contribution in [2.75, 3.05) is 19.6 Å². The van der Waals surface area contributed by atoms with Gasteiger partial charge in [-0.2, -0.15) is 0 Å². The van der Waals surface area contributed by atoms with E-state index in [4.69, 9.17) is 0 Å². The summed E-state index contributed by atoms with van der Waals surface area (Å²) >= 11 is 0. The van der Waals surface area contributed by atoms with Crippen LogP contribution >= 0.6 is 0 Å². The van der Waals surface area contributed by atoms with E-state index in [-0.39, 0.29) is 12.1 Å². The molecule has 0 aromatic heterocycles. The van der Waals surface area contributed by atoms with Gasteiger partial charge in [0, 0.05) is 19.3 Å². The van der Waals surface area contributed by atoms with Crippen LogP contribution in [0.5, 0.6) is 0 Å². The minimum atomic E-state index is 0.0845. The number of carbonyl (C=O) groups is 1. The van der Waals surface area contributed by atoms with Gasteiger partial charge in [-0.3, -0.25) is 15.1 Å². The highest BCUT2D eigenvalue weighted by molar-refractivity contribution is 5.87. The molecule has 1 saturated heterocycles.